The molecule has 0 unspecified atom stereocenters. The van der Waals surface area contributed by atoms with Crippen molar-refractivity contribution in [2.75, 3.05) is 0 Å². The van der Waals surface area contributed by atoms with Crippen LogP contribution >= 0.6 is 11.6 Å². The van der Waals surface area contributed by atoms with Crippen LogP contribution in [0.15, 0.2) is 29.8 Å². The van der Waals surface area contributed by atoms with Crippen LogP contribution in [0.25, 0.3) is 5.03 Å². The molecule has 0 spiro atoms. The topological polar surface area (TPSA) is 17.1 Å². The van der Waals surface area contributed by atoms with Gasteiger partial charge in [-0.05, 0) is 13.0 Å². The lowest BCUT2D eigenvalue weighted by atomic mass is 10.1. The molecule has 0 amide bonds. The van der Waals surface area contributed by atoms with E-state index in [1.165, 1.54) is 12.1 Å². The van der Waals surface area contributed by atoms with Crippen LogP contribution < -0.4 is 0 Å². The minimum absolute atomic E-state index is 0.160. The number of hydrogen-bond acceptors (Lipinski definition) is 1. The fourth-order valence-electron chi connectivity index (χ4n) is 0.903. The summed E-state index contributed by atoms with van der Waals surface area (Å²) in [6, 6.07) is 6.07. The van der Waals surface area contributed by atoms with Crippen molar-refractivity contribution < 1.29 is 9.18 Å². The fraction of sp³-hybridized carbons (Fsp3) is 0.100. The largest absolute Gasteiger partial charge is 0.298 e. The summed E-state index contributed by atoms with van der Waals surface area (Å²) in [5, 5.41) is 0.160. The van der Waals surface area contributed by atoms with Crippen LogP contribution in [-0.2, 0) is 4.79 Å². The number of benzene rings is 1. The quantitative estimate of drug-likeness (QED) is 0.528. The van der Waals surface area contributed by atoms with Crippen LogP contribution in [0.5, 0.6) is 0 Å². The first-order valence-electron chi connectivity index (χ1n) is 3.73. The van der Waals surface area contributed by atoms with E-state index in [2.05, 4.69) is 0 Å². The lowest BCUT2D eigenvalue weighted by Gasteiger charge is -2.01. The first-order chi connectivity index (χ1) is 6.16. The van der Waals surface area contributed by atoms with Crippen LogP contribution in [0.2, 0.25) is 0 Å². The second-order valence-electron chi connectivity index (χ2n) is 2.59. The van der Waals surface area contributed by atoms with Gasteiger partial charge in [-0.25, -0.2) is 4.39 Å². The summed E-state index contributed by atoms with van der Waals surface area (Å²) in [6.45, 7) is 1.54. The van der Waals surface area contributed by atoms with Gasteiger partial charge in [0.1, 0.15) is 12.1 Å². The van der Waals surface area contributed by atoms with Crippen molar-refractivity contribution in [2.45, 2.75) is 6.92 Å². The van der Waals surface area contributed by atoms with Gasteiger partial charge in [-0.2, -0.15) is 0 Å². The summed E-state index contributed by atoms with van der Waals surface area (Å²) in [4.78, 5) is 10.4. The lowest BCUT2D eigenvalue weighted by molar-refractivity contribution is -0.104. The molecule has 0 atom stereocenters. The summed E-state index contributed by atoms with van der Waals surface area (Å²) < 4.78 is 13.1. The average molecular weight is 199 g/mol. The van der Waals surface area contributed by atoms with Gasteiger partial charge >= 0.3 is 0 Å². The normalized spacial score (nSPS) is 12.2. The Bertz CT molecular complexity index is 358. The molecule has 1 aromatic rings. The smallest absolute Gasteiger partial charge is 0.147 e. The zero-order valence-corrected chi connectivity index (χ0v) is 7.81. The highest BCUT2D eigenvalue weighted by atomic mass is 35.5. The van der Waals surface area contributed by atoms with E-state index in [1.54, 1.807) is 19.1 Å². The van der Waals surface area contributed by atoms with E-state index in [1.807, 2.05) is 0 Å². The van der Waals surface area contributed by atoms with E-state index in [-0.39, 0.29) is 10.6 Å². The molecule has 0 radical (unpaired) electrons. The zero-order chi connectivity index (χ0) is 9.84. The Morgan fingerprint density at radius 3 is 2.62 bits per heavy atom. The molecule has 0 N–H and O–H groups in total. The Labute approximate surface area is 80.8 Å². The molecule has 0 aliphatic heterocycles. The molecule has 68 valence electrons. The van der Waals surface area contributed by atoms with Gasteiger partial charge in [-0.1, -0.05) is 29.8 Å². The van der Waals surface area contributed by atoms with Crippen molar-refractivity contribution in [1.82, 2.24) is 0 Å². The Morgan fingerprint density at radius 1 is 1.46 bits per heavy atom. The highest BCUT2D eigenvalue weighted by molar-refractivity contribution is 6.50. The van der Waals surface area contributed by atoms with Crippen LogP contribution in [0, 0.1) is 5.82 Å². The lowest BCUT2D eigenvalue weighted by Crippen LogP contribution is -1.88. The highest BCUT2D eigenvalue weighted by Crippen LogP contribution is 2.24. The second kappa shape index (κ2) is 4.19. The van der Waals surface area contributed by atoms with Crippen molar-refractivity contribution in [1.29, 1.82) is 0 Å². The number of allylic oxidation sites excluding steroid dienone is 1. The van der Waals surface area contributed by atoms with Gasteiger partial charge in [0.25, 0.3) is 0 Å². The number of hydrogen-bond donors (Lipinski definition) is 0. The molecular formula is C10H8ClFO. The summed E-state index contributed by atoms with van der Waals surface area (Å²) in [5.41, 5.74) is 0.584. The van der Waals surface area contributed by atoms with Gasteiger partial charge in [0.15, 0.2) is 0 Å². The van der Waals surface area contributed by atoms with Crippen LogP contribution in [0.3, 0.4) is 0 Å². The van der Waals surface area contributed by atoms with Crippen molar-refractivity contribution in [3.63, 3.8) is 0 Å². The first kappa shape index (κ1) is 9.93. The molecular weight excluding hydrogens is 191 g/mol. The zero-order valence-electron chi connectivity index (χ0n) is 7.05. The Morgan fingerprint density at radius 2 is 2.08 bits per heavy atom. The third kappa shape index (κ3) is 2.16. The predicted octanol–water partition coefficient (Wildman–Crippen LogP) is 2.99. The number of rotatable bonds is 2. The van der Waals surface area contributed by atoms with E-state index in [4.69, 9.17) is 11.6 Å². The van der Waals surface area contributed by atoms with Gasteiger partial charge in [-0.3, -0.25) is 4.79 Å². The molecule has 0 aliphatic carbocycles. The van der Waals surface area contributed by atoms with Crippen LogP contribution in [0.4, 0.5) is 4.39 Å². The molecule has 0 aliphatic rings. The van der Waals surface area contributed by atoms with E-state index >= 15 is 0 Å². The second-order valence-corrected chi connectivity index (χ2v) is 2.97. The number of carbonyl (C=O) groups is 1. The SMILES string of the molecule is C/C(C=O)=C(/Cl)c1ccccc1F. The van der Waals surface area contributed by atoms with E-state index in [0.717, 1.165) is 0 Å². The van der Waals surface area contributed by atoms with Crippen molar-refractivity contribution in [3.8, 4) is 0 Å². The maximum Gasteiger partial charge on any atom is 0.147 e. The van der Waals surface area contributed by atoms with E-state index in [9.17, 15) is 9.18 Å². The first-order valence-corrected chi connectivity index (χ1v) is 4.11. The molecule has 0 heterocycles. The van der Waals surface area contributed by atoms with E-state index < -0.39 is 5.82 Å². The molecule has 13 heavy (non-hydrogen) atoms. The molecule has 1 nitrogen and oxygen atoms in total. The maximum absolute atomic E-state index is 13.1. The molecule has 0 bridgehead atoms. The molecule has 1 aromatic carbocycles. The fourth-order valence-corrected chi connectivity index (χ4v) is 1.10. The van der Waals surface area contributed by atoms with Crippen molar-refractivity contribution in [2.24, 2.45) is 0 Å². The number of halogens is 2. The summed E-state index contributed by atoms with van der Waals surface area (Å²) in [5.74, 6) is -0.422. The van der Waals surface area contributed by atoms with Crippen LogP contribution in [0.1, 0.15) is 12.5 Å². The van der Waals surface area contributed by atoms with Gasteiger partial charge < -0.3 is 0 Å². The third-order valence-corrected chi connectivity index (χ3v) is 2.14. The van der Waals surface area contributed by atoms with Gasteiger partial charge in [0, 0.05) is 11.1 Å². The number of carbonyl (C=O) groups excluding carboxylic acids is 1. The maximum atomic E-state index is 13.1. The molecule has 0 aromatic heterocycles. The minimum atomic E-state index is -0.422. The Balaban J connectivity index is 3.23. The van der Waals surface area contributed by atoms with Crippen LogP contribution in [-0.4, -0.2) is 6.29 Å². The van der Waals surface area contributed by atoms with Gasteiger partial charge in [0.05, 0.1) is 5.03 Å². The molecule has 0 saturated heterocycles. The minimum Gasteiger partial charge on any atom is -0.298 e. The Kier molecular flexibility index (Phi) is 3.20. The van der Waals surface area contributed by atoms with E-state index in [0.29, 0.717) is 11.9 Å². The average Bonchev–Trinajstić information content (AvgIpc) is 2.16. The number of aldehydes is 1. The van der Waals surface area contributed by atoms with Gasteiger partial charge in [0.2, 0.25) is 0 Å². The van der Waals surface area contributed by atoms with Gasteiger partial charge in [-0.15, -0.1) is 0 Å². The molecule has 3 heteroatoms. The predicted molar refractivity (Wildman–Crippen MR) is 50.9 cm³/mol. The molecule has 1 rings (SSSR count). The highest BCUT2D eigenvalue weighted by Gasteiger charge is 2.06. The monoisotopic (exact) mass is 198 g/mol. The van der Waals surface area contributed by atoms with Crippen molar-refractivity contribution in [3.05, 3.63) is 41.2 Å². The molecule has 0 fully saturated rings. The summed E-state index contributed by atoms with van der Waals surface area (Å²) in [7, 11) is 0. The Hall–Kier alpha value is -1.15. The summed E-state index contributed by atoms with van der Waals surface area (Å²) in [6.07, 6.45) is 0.606. The summed E-state index contributed by atoms with van der Waals surface area (Å²) >= 11 is 5.77. The standard InChI is InChI=1S/C10H8ClFO/c1-7(6-13)10(11)8-4-2-3-5-9(8)12/h2-6H,1H3/b10-7-. The third-order valence-electron chi connectivity index (χ3n) is 1.63. The molecule has 0 saturated carbocycles. The van der Waals surface area contributed by atoms with Crippen molar-refractivity contribution >= 4 is 22.9 Å².